The van der Waals surface area contributed by atoms with Gasteiger partial charge in [-0.25, -0.2) is 4.68 Å². The minimum absolute atomic E-state index is 0.0215. The summed E-state index contributed by atoms with van der Waals surface area (Å²) in [7, 11) is 0. The lowest BCUT2D eigenvalue weighted by Gasteiger charge is -2.31. The summed E-state index contributed by atoms with van der Waals surface area (Å²) in [4.78, 5) is 0. The third kappa shape index (κ3) is 5.58. The monoisotopic (exact) mass is 444 g/mol. The van der Waals surface area contributed by atoms with E-state index in [0.29, 0.717) is 10.2 Å². The highest BCUT2D eigenvalue weighted by Gasteiger charge is 2.30. The molecule has 2 nitrogen and oxygen atoms in total. The first-order valence-electron chi connectivity index (χ1n) is 8.06. The third-order valence-corrected chi connectivity index (χ3v) is 6.01. The van der Waals surface area contributed by atoms with Crippen molar-refractivity contribution in [3.63, 3.8) is 0 Å². The highest BCUT2D eigenvalue weighted by atomic mass is 127. The van der Waals surface area contributed by atoms with Crippen molar-refractivity contribution in [3.8, 4) is 0 Å². The summed E-state index contributed by atoms with van der Waals surface area (Å²) in [5.41, 5.74) is -0.0215. The Kier molecular flexibility index (Phi) is 8.96. The molecule has 0 fully saturated rings. The van der Waals surface area contributed by atoms with Gasteiger partial charge in [0, 0.05) is 0 Å². The molecule has 0 aliphatic heterocycles. The Hall–Kier alpha value is 0.520. The lowest BCUT2D eigenvalue weighted by atomic mass is 9.88. The van der Waals surface area contributed by atoms with E-state index in [2.05, 4.69) is 48.5 Å². The molecule has 0 radical (unpaired) electrons. The number of rotatable bonds is 10. The van der Waals surface area contributed by atoms with E-state index in [1.807, 2.05) is 4.68 Å². The summed E-state index contributed by atoms with van der Waals surface area (Å²) in [5.74, 6) is 0. The number of aromatic nitrogens is 2. The molecular weight excluding hydrogens is 418 g/mol. The average molecular weight is 445 g/mol. The van der Waals surface area contributed by atoms with Gasteiger partial charge in [0.1, 0.15) is 13.9 Å². The van der Waals surface area contributed by atoms with Crippen molar-refractivity contribution >= 4 is 45.8 Å². The number of nitrogens with zero attached hydrogens (tertiary/aromatic N) is 2. The zero-order chi connectivity index (χ0) is 15.9. The van der Waals surface area contributed by atoms with Crippen LogP contribution in [0.3, 0.4) is 0 Å². The van der Waals surface area contributed by atoms with Crippen molar-refractivity contribution < 1.29 is 0 Å². The molecule has 1 rings (SSSR count). The Morgan fingerprint density at radius 2 is 1.57 bits per heavy atom. The molecule has 1 unspecified atom stereocenters. The fourth-order valence-corrected chi connectivity index (χ4v) is 3.79. The summed E-state index contributed by atoms with van der Waals surface area (Å²) in [5, 5.41) is 5.77. The van der Waals surface area contributed by atoms with Crippen LogP contribution in [0.25, 0.3) is 0 Å². The predicted octanol–water partition coefficient (Wildman–Crippen LogP) is 7.06. The van der Waals surface area contributed by atoms with Crippen molar-refractivity contribution in [2.24, 2.45) is 0 Å². The lowest BCUT2D eigenvalue weighted by Crippen LogP contribution is -2.31. The first kappa shape index (κ1) is 19.6. The summed E-state index contributed by atoms with van der Waals surface area (Å²) >= 11 is 14.8. The molecule has 0 spiro atoms. The third-order valence-electron chi connectivity index (χ3n) is 4.14. The van der Waals surface area contributed by atoms with E-state index in [9.17, 15) is 0 Å². The molecule has 21 heavy (non-hydrogen) atoms. The van der Waals surface area contributed by atoms with Crippen LogP contribution in [0.1, 0.15) is 78.6 Å². The van der Waals surface area contributed by atoms with Crippen LogP contribution in [-0.4, -0.2) is 9.78 Å². The second-order valence-corrected chi connectivity index (χ2v) is 7.83. The minimum atomic E-state index is -0.0215. The first-order chi connectivity index (χ1) is 9.96. The van der Waals surface area contributed by atoms with Crippen LogP contribution in [0.15, 0.2) is 0 Å². The Labute approximate surface area is 153 Å². The van der Waals surface area contributed by atoms with E-state index >= 15 is 0 Å². The summed E-state index contributed by atoms with van der Waals surface area (Å²) in [6, 6.07) is 0. The second-order valence-electron chi connectivity index (χ2n) is 6.07. The fraction of sp³-hybridized carbons (Fsp3) is 0.812. The van der Waals surface area contributed by atoms with Gasteiger partial charge >= 0.3 is 0 Å². The maximum absolute atomic E-state index is 6.40. The smallest absolute Gasteiger partial charge is 0.147 e. The van der Waals surface area contributed by atoms with Crippen molar-refractivity contribution in [3.05, 3.63) is 13.9 Å². The predicted molar refractivity (Wildman–Crippen MR) is 102 cm³/mol. The molecule has 1 atom stereocenters. The Morgan fingerprint density at radius 3 is 2.10 bits per heavy atom. The van der Waals surface area contributed by atoms with E-state index in [4.69, 9.17) is 23.2 Å². The molecule has 1 heterocycles. The number of hydrogen-bond donors (Lipinski definition) is 0. The summed E-state index contributed by atoms with van der Waals surface area (Å²) < 4.78 is 2.77. The van der Waals surface area contributed by atoms with Crippen LogP contribution in [0.2, 0.25) is 10.2 Å². The molecule has 0 amide bonds. The van der Waals surface area contributed by atoms with Crippen molar-refractivity contribution in [1.82, 2.24) is 9.78 Å². The van der Waals surface area contributed by atoms with Crippen LogP contribution in [0.4, 0.5) is 0 Å². The van der Waals surface area contributed by atoms with Gasteiger partial charge in [-0.15, -0.1) is 0 Å². The van der Waals surface area contributed by atoms with Gasteiger partial charge in [-0.1, -0.05) is 82.0 Å². The van der Waals surface area contributed by atoms with Gasteiger partial charge < -0.3 is 0 Å². The first-order valence-corrected chi connectivity index (χ1v) is 9.89. The Bertz CT molecular complexity index is 434. The molecule has 1 aromatic rings. The quantitative estimate of drug-likeness (QED) is 0.279. The highest BCUT2D eigenvalue weighted by molar-refractivity contribution is 14.1. The van der Waals surface area contributed by atoms with Crippen molar-refractivity contribution in [2.45, 2.75) is 84.1 Å². The molecule has 0 aliphatic carbocycles. The molecule has 1 aromatic heterocycles. The summed E-state index contributed by atoms with van der Waals surface area (Å²) in [6.07, 6.45) is 11.1. The van der Waals surface area contributed by atoms with Crippen molar-refractivity contribution in [2.75, 3.05) is 0 Å². The molecule has 0 aromatic carbocycles. The molecule has 0 N–H and O–H groups in total. The van der Waals surface area contributed by atoms with Crippen LogP contribution in [-0.2, 0) is 5.54 Å². The van der Waals surface area contributed by atoms with Crippen LogP contribution in [0, 0.1) is 3.70 Å². The average Bonchev–Trinajstić information content (AvgIpc) is 2.73. The van der Waals surface area contributed by atoms with Gasteiger partial charge in [0.05, 0.1) is 5.54 Å². The highest BCUT2D eigenvalue weighted by Crippen LogP contribution is 2.36. The zero-order valence-electron chi connectivity index (χ0n) is 13.4. The van der Waals surface area contributed by atoms with E-state index in [1.54, 1.807) is 0 Å². The molecular formula is C16H27Cl2IN2. The lowest BCUT2D eigenvalue weighted by molar-refractivity contribution is 0.228. The standard InChI is InChI=1S/C16H27Cl2IN2/c1-4-6-8-9-10-12-16(3,11-7-5-2)21-14(18)13(17)15(19)20-21/h4-12H2,1-3H3. The van der Waals surface area contributed by atoms with Gasteiger partial charge in [0.2, 0.25) is 0 Å². The largest absolute Gasteiger partial charge is 0.246 e. The van der Waals surface area contributed by atoms with Crippen LogP contribution in [0.5, 0.6) is 0 Å². The normalized spacial score (nSPS) is 14.4. The van der Waals surface area contributed by atoms with E-state index in [0.717, 1.165) is 16.5 Å². The molecule has 0 saturated heterocycles. The number of unbranched alkanes of at least 4 members (excludes halogenated alkanes) is 5. The van der Waals surface area contributed by atoms with Gasteiger partial charge in [0.15, 0.2) is 0 Å². The molecule has 0 aliphatic rings. The Balaban J connectivity index is 2.79. The zero-order valence-corrected chi connectivity index (χ0v) is 17.1. The van der Waals surface area contributed by atoms with Gasteiger partial charge in [-0.3, -0.25) is 0 Å². The maximum Gasteiger partial charge on any atom is 0.147 e. The Morgan fingerprint density at radius 1 is 1.00 bits per heavy atom. The van der Waals surface area contributed by atoms with Crippen LogP contribution < -0.4 is 0 Å². The molecule has 5 heteroatoms. The number of halogens is 3. The van der Waals surface area contributed by atoms with Crippen molar-refractivity contribution in [1.29, 1.82) is 0 Å². The van der Waals surface area contributed by atoms with Gasteiger partial charge in [-0.05, 0) is 42.4 Å². The molecule has 0 saturated carbocycles. The maximum atomic E-state index is 6.40. The SMILES string of the molecule is CCCCCCCC(C)(CCCC)n1nc(I)c(Cl)c1Cl. The van der Waals surface area contributed by atoms with E-state index in [-0.39, 0.29) is 5.54 Å². The fourth-order valence-electron chi connectivity index (χ4n) is 2.72. The molecule has 122 valence electrons. The van der Waals surface area contributed by atoms with E-state index < -0.39 is 0 Å². The topological polar surface area (TPSA) is 17.8 Å². The second kappa shape index (κ2) is 9.61. The van der Waals surface area contributed by atoms with Gasteiger partial charge in [0.25, 0.3) is 0 Å². The van der Waals surface area contributed by atoms with E-state index in [1.165, 1.54) is 44.9 Å². The van der Waals surface area contributed by atoms with Gasteiger partial charge in [-0.2, -0.15) is 5.10 Å². The number of hydrogen-bond acceptors (Lipinski definition) is 1. The molecule has 0 bridgehead atoms. The summed E-state index contributed by atoms with van der Waals surface area (Å²) in [6.45, 7) is 6.75. The minimum Gasteiger partial charge on any atom is -0.246 e. The van der Waals surface area contributed by atoms with Crippen LogP contribution >= 0.6 is 45.8 Å².